The molecule has 2 aromatic rings. The Labute approximate surface area is 123 Å². The van der Waals surface area contributed by atoms with E-state index in [-0.39, 0.29) is 18.4 Å². The van der Waals surface area contributed by atoms with Crippen LogP contribution in [0.3, 0.4) is 0 Å². The second-order valence-electron chi connectivity index (χ2n) is 4.43. The van der Waals surface area contributed by atoms with Gasteiger partial charge in [-0.25, -0.2) is 4.79 Å². The molecule has 1 aliphatic heterocycles. The Bertz CT molecular complexity index is 680. The average molecular weight is 288 g/mol. The molecule has 0 aliphatic carbocycles. The fourth-order valence-corrected chi connectivity index (χ4v) is 2.33. The van der Waals surface area contributed by atoms with E-state index >= 15 is 0 Å². The monoisotopic (exact) mass is 287 g/mol. The molecule has 102 valence electrons. The van der Waals surface area contributed by atoms with E-state index in [9.17, 15) is 4.79 Å². The van der Waals surface area contributed by atoms with Gasteiger partial charge < -0.3 is 4.74 Å². The van der Waals surface area contributed by atoms with Gasteiger partial charge in [0, 0.05) is 12.6 Å². The molecule has 1 heterocycles. The lowest BCUT2D eigenvalue weighted by Crippen LogP contribution is -2.06. The Balaban J connectivity index is 0.00000147. The van der Waals surface area contributed by atoms with E-state index in [1.807, 2.05) is 36.5 Å². The first kappa shape index (κ1) is 14.3. The van der Waals surface area contributed by atoms with Crippen LogP contribution in [-0.2, 0) is 11.2 Å². The summed E-state index contributed by atoms with van der Waals surface area (Å²) in [5.41, 5.74) is 4.61. The molecule has 0 aromatic heterocycles. The van der Waals surface area contributed by atoms with E-state index in [1.165, 1.54) is 12.7 Å². The summed E-state index contributed by atoms with van der Waals surface area (Å²) >= 11 is 0. The minimum atomic E-state index is -0.313. The average Bonchev–Trinajstić information content (AvgIpc) is 2.65. The predicted octanol–water partition coefficient (Wildman–Crippen LogP) is 3.55. The third kappa shape index (κ3) is 2.45. The summed E-state index contributed by atoms with van der Waals surface area (Å²) in [5, 5.41) is 0. The number of carbonyl (C=O) groups excluding carboxylic acids is 1. The van der Waals surface area contributed by atoms with Crippen molar-refractivity contribution in [3.8, 4) is 0 Å². The third-order valence-electron chi connectivity index (χ3n) is 3.32. The van der Waals surface area contributed by atoms with E-state index < -0.39 is 0 Å². The topological polar surface area (TPSA) is 38.7 Å². The van der Waals surface area contributed by atoms with Crippen molar-refractivity contribution in [2.24, 2.45) is 4.99 Å². The number of rotatable bonds is 1. The second kappa shape index (κ2) is 5.88. The highest BCUT2D eigenvalue weighted by molar-refractivity contribution is 5.94. The van der Waals surface area contributed by atoms with Gasteiger partial charge in [-0.05, 0) is 28.8 Å². The molecule has 0 fully saturated rings. The molecular formula is C16H14ClNO2. The highest BCUT2D eigenvalue weighted by atomic mass is 35.5. The number of nitrogens with zero attached hydrogens (tertiary/aromatic N) is 1. The lowest BCUT2D eigenvalue weighted by atomic mass is 9.96. The van der Waals surface area contributed by atoms with E-state index in [2.05, 4.69) is 11.1 Å². The molecule has 0 spiro atoms. The van der Waals surface area contributed by atoms with Crippen LogP contribution in [0.1, 0.15) is 27.0 Å². The number of ether oxygens (including phenoxy) is 1. The number of fused-ring (bicyclic) bond motifs is 2. The minimum Gasteiger partial charge on any atom is -0.465 e. The standard InChI is InChI=1S/C16H13NO2.ClH/c1-19-16(18)13-7-4-8-15-14(13)9-11-5-2-3-6-12(11)10-17-15;/h2-8,10H,9H2,1H3;1H. The van der Waals surface area contributed by atoms with Gasteiger partial charge >= 0.3 is 5.97 Å². The largest absolute Gasteiger partial charge is 0.465 e. The van der Waals surface area contributed by atoms with Gasteiger partial charge in [-0.3, -0.25) is 4.99 Å². The van der Waals surface area contributed by atoms with Gasteiger partial charge in [0.15, 0.2) is 0 Å². The smallest absolute Gasteiger partial charge is 0.338 e. The summed E-state index contributed by atoms with van der Waals surface area (Å²) in [4.78, 5) is 16.3. The predicted molar refractivity (Wildman–Crippen MR) is 81.5 cm³/mol. The van der Waals surface area contributed by atoms with E-state index in [4.69, 9.17) is 4.74 Å². The normalized spacial score (nSPS) is 11.7. The number of hydrogen-bond donors (Lipinski definition) is 0. The van der Waals surface area contributed by atoms with Crippen LogP contribution in [0.25, 0.3) is 0 Å². The fraction of sp³-hybridized carbons (Fsp3) is 0.125. The van der Waals surface area contributed by atoms with Gasteiger partial charge in [-0.2, -0.15) is 0 Å². The van der Waals surface area contributed by atoms with Crippen LogP contribution < -0.4 is 0 Å². The summed E-state index contributed by atoms with van der Waals surface area (Å²) in [6.45, 7) is 0. The van der Waals surface area contributed by atoms with E-state index in [1.54, 1.807) is 6.07 Å². The van der Waals surface area contributed by atoms with Crippen molar-refractivity contribution in [3.63, 3.8) is 0 Å². The van der Waals surface area contributed by atoms with Crippen LogP contribution in [0.5, 0.6) is 0 Å². The minimum absolute atomic E-state index is 0. The van der Waals surface area contributed by atoms with Gasteiger partial charge in [0.2, 0.25) is 0 Å². The molecule has 0 atom stereocenters. The van der Waals surface area contributed by atoms with Crippen LogP contribution in [-0.4, -0.2) is 19.3 Å². The molecule has 1 aliphatic rings. The molecule has 3 nitrogen and oxygen atoms in total. The van der Waals surface area contributed by atoms with Crippen molar-refractivity contribution in [1.29, 1.82) is 0 Å². The molecule has 0 saturated carbocycles. The van der Waals surface area contributed by atoms with Crippen molar-refractivity contribution in [2.75, 3.05) is 7.11 Å². The molecule has 0 unspecified atom stereocenters. The zero-order chi connectivity index (χ0) is 13.2. The fourth-order valence-electron chi connectivity index (χ4n) is 2.33. The number of benzene rings is 2. The van der Waals surface area contributed by atoms with Crippen molar-refractivity contribution in [1.82, 2.24) is 0 Å². The third-order valence-corrected chi connectivity index (χ3v) is 3.32. The van der Waals surface area contributed by atoms with Gasteiger partial charge in [0.05, 0.1) is 18.4 Å². The van der Waals surface area contributed by atoms with Crippen molar-refractivity contribution >= 4 is 30.3 Å². The lowest BCUT2D eigenvalue weighted by molar-refractivity contribution is 0.0599. The van der Waals surface area contributed by atoms with Crippen LogP contribution >= 0.6 is 12.4 Å². The number of aliphatic imine (C=N–C) groups is 1. The van der Waals surface area contributed by atoms with Gasteiger partial charge in [-0.15, -0.1) is 12.4 Å². The molecule has 4 heteroatoms. The summed E-state index contributed by atoms with van der Waals surface area (Å²) < 4.78 is 4.84. The summed E-state index contributed by atoms with van der Waals surface area (Å²) in [6.07, 6.45) is 2.54. The number of carbonyl (C=O) groups is 1. The van der Waals surface area contributed by atoms with Crippen molar-refractivity contribution < 1.29 is 9.53 Å². The van der Waals surface area contributed by atoms with Crippen molar-refractivity contribution in [3.05, 3.63) is 64.7 Å². The molecule has 0 bridgehead atoms. The molecule has 0 amide bonds. The number of methoxy groups -OCH3 is 1. The first-order chi connectivity index (χ1) is 9.29. The Hall–Kier alpha value is -2.13. The van der Waals surface area contributed by atoms with E-state index in [0.717, 1.165) is 16.8 Å². The lowest BCUT2D eigenvalue weighted by Gasteiger charge is -2.09. The quantitative estimate of drug-likeness (QED) is 0.642. The molecule has 2 aromatic carbocycles. The summed E-state index contributed by atoms with van der Waals surface area (Å²) in [7, 11) is 1.40. The van der Waals surface area contributed by atoms with Crippen LogP contribution in [0.4, 0.5) is 5.69 Å². The number of halogens is 1. The maximum atomic E-state index is 11.8. The van der Waals surface area contributed by atoms with Crippen LogP contribution in [0.15, 0.2) is 47.5 Å². The van der Waals surface area contributed by atoms with Gasteiger partial charge in [0.25, 0.3) is 0 Å². The van der Waals surface area contributed by atoms with Gasteiger partial charge in [0.1, 0.15) is 0 Å². The van der Waals surface area contributed by atoms with Gasteiger partial charge in [-0.1, -0.05) is 30.3 Å². The summed E-state index contributed by atoms with van der Waals surface area (Å²) in [5.74, 6) is -0.313. The Kier molecular flexibility index (Phi) is 4.20. The van der Waals surface area contributed by atoms with Crippen molar-refractivity contribution in [2.45, 2.75) is 6.42 Å². The highest BCUT2D eigenvalue weighted by Gasteiger charge is 2.18. The molecule has 3 rings (SSSR count). The first-order valence-electron chi connectivity index (χ1n) is 6.12. The SMILES string of the molecule is COC(=O)c1cccc2c1Cc1ccccc1C=N2.Cl. The Morgan fingerprint density at radius 3 is 2.75 bits per heavy atom. The molecular weight excluding hydrogens is 274 g/mol. The maximum absolute atomic E-state index is 11.8. The number of hydrogen-bond acceptors (Lipinski definition) is 3. The number of esters is 1. The van der Waals surface area contributed by atoms with Crippen LogP contribution in [0.2, 0.25) is 0 Å². The second-order valence-corrected chi connectivity index (χ2v) is 4.43. The maximum Gasteiger partial charge on any atom is 0.338 e. The first-order valence-corrected chi connectivity index (χ1v) is 6.12. The summed E-state index contributed by atoms with van der Waals surface area (Å²) in [6, 6.07) is 13.6. The molecule has 0 saturated heterocycles. The molecule has 0 radical (unpaired) electrons. The zero-order valence-corrected chi connectivity index (χ0v) is 11.8. The molecule has 0 N–H and O–H groups in total. The highest BCUT2D eigenvalue weighted by Crippen LogP contribution is 2.29. The zero-order valence-electron chi connectivity index (χ0n) is 11.0. The molecule has 20 heavy (non-hydrogen) atoms. The Morgan fingerprint density at radius 2 is 1.95 bits per heavy atom. The van der Waals surface area contributed by atoms with Crippen LogP contribution in [0, 0.1) is 0 Å². The Morgan fingerprint density at radius 1 is 1.15 bits per heavy atom. The van der Waals surface area contributed by atoms with E-state index in [0.29, 0.717) is 12.0 Å².